The fourth-order valence-corrected chi connectivity index (χ4v) is 1.50. The van der Waals surface area contributed by atoms with Crippen molar-refractivity contribution in [3.8, 4) is 0 Å². The lowest BCUT2D eigenvalue weighted by molar-refractivity contribution is -0.146. The summed E-state index contributed by atoms with van der Waals surface area (Å²) in [4.78, 5) is 18.5. The highest BCUT2D eigenvalue weighted by Gasteiger charge is 2.29. The molecule has 8 heteroatoms. The SMILES string of the molecule is Nc1ncn([C@H]2C[C@@H](O)C(O)CO2)c(=O)n1. The van der Waals surface area contributed by atoms with E-state index in [0.29, 0.717) is 0 Å². The van der Waals surface area contributed by atoms with Crippen LogP contribution in [0, 0.1) is 0 Å². The molecule has 3 atom stereocenters. The first-order valence-electron chi connectivity index (χ1n) is 4.76. The molecule has 0 aromatic carbocycles. The number of hydrogen-bond donors (Lipinski definition) is 3. The summed E-state index contributed by atoms with van der Waals surface area (Å²) in [7, 11) is 0. The molecular formula is C8H12N4O4. The van der Waals surface area contributed by atoms with Gasteiger partial charge in [-0.1, -0.05) is 0 Å². The summed E-state index contributed by atoms with van der Waals surface area (Å²) in [6, 6.07) is 0. The van der Waals surface area contributed by atoms with Gasteiger partial charge in [0.2, 0.25) is 5.95 Å². The van der Waals surface area contributed by atoms with E-state index in [-0.39, 0.29) is 19.0 Å². The Balaban J connectivity index is 2.22. The number of nitrogens with two attached hydrogens (primary N) is 1. The Labute approximate surface area is 90.3 Å². The van der Waals surface area contributed by atoms with Gasteiger partial charge >= 0.3 is 5.69 Å². The Morgan fingerprint density at radius 1 is 1.50 bits per heavy atom. The van der Waals surface area contributed by atoms with E-state index in [0.717, 1.165) is 4.57 Å². The van der Waals surface area contributed by atoms with Crippen LogP contribution in [0.1, 0.15) is 12.6 Å². The smallest absolute Gasteiger partial charge is 0.354 e. The normalized spacial score (nSPS) is 30.2. The summed E-state index contributed by atoms with van der Waals surface area (Å²) >= 11 is 0. The number of ether oxygens (including phenoxy) is 1. The fourth-order valence-electron chi connectivity index (χ4n) is 1.50. The summed E-state index contributed by atoms with van der Waals surface area (Å²) < 4.78 is 6.33. The van der Waals surface area contributed by atoms with Gasteiger partial charge < -0.3 is 20.7 Å². The average molecular weight is 228 g/mol. The topological polar surface area (TPSA) is 123 Å². The van der Waals surface area contributed by atoms with Crippen molar-refractivity contribution >= 4 is 5.95 Å². The molecule has 1 aromatic heterocycles. The van der Waals surface area contributed by atoms with Gasteiger partial charge in [-0.2, -0.15) is 4.98 Å². The number of aliphatic hydroxyl groups excluding tert-OH is 2. The molecule has 0 bridgehead atoms. The molecule has 1 unspecified atom stereocenters. The van der Waals surface area contributed by atoms with E-state index in [9.17, 15) is 15.0 Å². The van der Waals surface area contributed by atoms with E-state index in [2.05, 4.69) is 9.97 Å². The maximum Gasteiger partial charge on any atom is 0.354 e. The summed E-state index contributed by atoms with van der Waals surface area (Å²) in [5, 5.41) is 18.7. The highest BCUT2D eigenvalue weighted by molar-refractivity contribution is 5.09. The molecule has 0 aliphatic carbocycles. The van der Waals surface area contributed by atoms with Gasteiger partial charge in [0.1, 0.15) is 18.7 Å². The molecule has 8 nitrogen and oxygen atoms in total. The standard InChI is InChI=1S/C8H12N4O4/c9-7-10-3-12(8(15)11-7)6-1-4(13)5(14)2-16-6/h3-6,13-14H,1-2H2,(H2,9,11,15)/t4-,5?,6-/m1/s1. The molecule has 4 N–H and O–H groups in total. The van der Waals surface area contributed by atoms with Gasteiger partial charge in [-0.15, -0.1) is 0 Å². The third-order valence-electron chi connectivity index (χ3n) is 2.40. The minimum atomic E-state index is -0.929. The quantitative estimate of drug-likeness (QED) is 0.501. The Bertz CT molecular complexity index is 434. The van der Waals surface area contributed by atoms with Crippen molar-refractivity contribution in [2.45, 2.75) is 24.9 Å². The van der Waals surface area contributed by atoms with Gasteiger partial charge in [0.15, 0.2) is 0 Å². The number of nitrogens with zero attached hydrogens (tertiary/aromatic N) is 3. The van der Waals surface area contributed by atoms with E-state index in [1.165, 1.54) is 6.33 Å². The monoisotopic (exact) mass is 228 g/mol. The van der Waals surface area contributed by atoms with Crippen molar-refractivity contribution in [2.24, 2.45) is 0 Å². The lowest BCUT2D eigenvalue weighted by atomic mass is 10.1. The minimum absolute atomic E-state index is 0.0390. The fraction of sp³-hybridized carbons (Fsp3) is 0.625. The molecular weight excluding hydrogens is 216 g/mol. The number of aliphatic hydroxyl groups is 2. The third kappa shape index (κ3) is 2.03. The van der Waals surface area contributed by atoms with Crippen molar-refractivity contribution in [3.63, 3.8) is 0 Å². The first-order valence-corrected chi connectivity index (χ1v) is 4.76. The maximum absolute atomic E-state index is 11.4. The van der Waals surface area contributed by atoms with Crippen molar-refractivity contribution < 1.29 is 14.9 Å². The van der Waals surface area contributed by atoms with Crippen LogP contribution < -0.4 is 11.4 Å². The average Bonchev–Trinajstić information content (AvgIpc) is 2.22. The van der Waals surface area contributed by atoms with Gasteiger partial charge in [-0.05, 0) is 0 Å². The Morgan fingerprint density at radius 3 is 2.88 bits per heavy atom. The molecule has 1 saturated heterocycles. The van der Waals surface area contributed by atoms with Crippen molar-refractivity contribution in [2.75, 3.05) is 12.3 Å². The van der Waals surface area contributed by atoms with Crippen LogP contribution in [0.4, 0.5) is 5.95 Å². The Hall–Kier alpha value is -1.51. The van der Waals surface area contributed by atoms with Crippen LogP contribution in [0.15, 0.2) is 11.1 Å². The van der Waals surface area contributed by atoms with E-state index in [1.54, 1.807) is 0 Å². The van der Waals surface area contributed by atoms with Gasteiger partial charge in [-0.3, -0.25) is 4.57 Å². The molecule has 0 radical (unpaired) electrons. The highest BCUT2D eigenvalue weighted by atomic mass is 16.5. The van der Waals surface area contributed by atoms with Crippen molar-refractivity contribution in [1.29, 1.82) is 0 Å². The highest BCUT2D eigenvalue weighted by Crippen LogP contribution is 2.21. The number of hydrogen-bond acceptors (Lipinski definition) is 7. The molecule has 0 amide bonds. The molecule has 1 fully saturated rings. The van der Waals surface area contributed by atoms with Crippen LogP contribution in [0.5, 0.6) is 0 Å². The lowest BCUT2D eigenvalue weighted by Gasteiger charge is -2.30. The second-order valence-corrected chi connectivity index (χ2v) is 3.56. The zero-order valence-electron chi connectivity index (χ0n) is 8.35. The van der Waals surface area contributed by atoms with E-state index < -0.39 is 24.1 Å². The van der Waals surface area contributed by atoms with Crippen LogP contribution in [-0.4, -0.2) is 43.6 Å². The molecule has 1 aliphatic rings. The zero-order valence-corrected chi connectivity index (χ0v) is 8.35. The number of nitrogen functional groups attached to an aromatic ring is 1. The Kier molecular flexibility index (Phi) is 2.86. The molecule has 1 aliphatic heterocycles. The van der Waals surface area contributed by atoms with Crippen LogP contribution >= 0.6 is 0 Å². The third-order valence-corrected chi connectivity index (χ3v) is 2.40. The first-order chi connectivity index (χ1) is 7.58. The predicted octanol–water partition coefficient (Wildman–Crippen LogP) is -2.14. The predicted molar refractivity (Wildman–Crippen MR) is 52.3 cm³/mol. The maximum atomic E-state index is 11.4. The van der Waals surface area contributed by atoms with Gasteiger partial charge in [0.25, 0.3) is 0 Å². The van der Waals surface area contributed by atoms with Crippen LogP contribution in [0.25, 0.3) is 0 Å². The summed E-state index contributed by atoms with van der Waals surface area (Å²) in [6.45, 7) is -0.0390. The molecule has 0 spiro atoms. The van der Waals surface area contributed by atoms with Gasteiger partial charge in [0, 0.05) is 6.42 Å². The van der Waals surface area contributed by atoms with Gasteiger partial charge in [-0.25, -0.2) is 9.78 Å². The second-order valence-electron chi connectivity index (χ2n) is 3.56. The number of rotatable bonds is 1. The number of aromatic nitrogens is 3. The lowest BCUT2D eigenvalue weighted by Crippen LogP contribution is -2.42. The molecule has 2 heterocycles. The summed E-state index contributed by atoms with van der Waals surface area (Å²) in [5.74, 6) is -0.113. The largest absolute Gasteiger partial charge is 0.390 e. The van der Waals surface area contributed by atoms with E-state index in [1.807, 2.05) is 0 Å². The van der Waals surface area contributed by atoms with E-state index in [4.69, 9.17) is 10.5 Å². The van der Waals surface area contributed by atoms with Crippen LogP contribution in [0.2, 0.25) is 0 Å². The van der Waals surface area contributed by atoms with Crippen molar-refractivity contribution in [3.05, 3.63) is 16.8 Å². The van der Waals surface area contributed by atoms with Crippen LogP contribution in [0.3, 0.4) is 0 Å². The van der Waals surface area contributed by atoms with Crippen LogP contribution in [-0.2, 0) is 4.74 Å². The van der Waals surface area contributed by atoms with Gasteiger partial charge in [0.05, 0.1) is 12.7 Å². The molecule has 1 aromatic rings. The molecule has 16 heavy (non-hydrogen) atoms. The number of anilines is 1. The Morgan fingerprint density at radius 2 is 2.25 bits per heavy atom. The summed E-state index contributed by atoms with van der Waals surface area (Å²) in [5.41, 5.74) is 4.64. The van der Waals surface area contributed by atoms with Crippen molar-refractivity contribution in [1.82, 2.24) is 14.5 Å². The molecule has 0 saturated carbocycles. The molecule has 2 rings (SSSR count). The van der Waals surface area contributed by atoms with E-state index >= 15 is 0 Å². The minimum Gasteiger partial charge on any atom is -0.390 e. The first kappa shape index (κ1) is 11.0. The zero-order chi connectivity index (χ0) is 11.7. The molecule has 88 valence electrons. The summed E-state index contributed by atoms with van der Waals surface area (Å²) in [6.07, 6.45) is -1.22. The second kappa shape index (κ2) is 4.16.